The van der Waals surface area contributed by atoms with Crippen LogP contribution >= 0.6 is 0 Å². The molecule has 0 radical (unpaired) electrons. The Morgan fingerprint density at radius 1 is 0.900 bits per heavy atom. The third-order valence-electron chi connectivity index (χ3n) is 4.98. The molecule has 1 aromatic rings. The highest BCUT2D eigenvalue weighted by Crippen LogP contribution is 2.14. The minimum atomic E-state index is -0.216. The van der Waals surface area contributed by atoms with Crippen molar-refractivity contribution < 1.29 is 38.0 Å². The Morgan fingerprint density at radius 3 is 2.33 bits per heavy atom. The van der Waals surface area contributed by atoms with Crippen LogP contribution in [0.1, 0.15) is 37.6 Å². The lowest BCUT2D eigenvalue weighted by Gasteiger charge is -2.15. The van der Waals surface area contributed by atoms with Gasteiger partial charge < -0.3 is 44.8 Å². The van der Waals surface area contributed by atoms with E-state index >= 15 is 0 Å². The topological polar surface area (TPSA) is 140 Å². The Kier molecular flexibility index (Phi) is 21.3. The molecule has 0 saturated carbocycles. The molecule has 0 aliphatic carbocycles. The number of hydrogen-bond donors (Lipinski definition) is 3. The van der Waals surface area contributed by atoms with Crippen LogP contribution in [0.15, 0.2) is 24.3 Å². The van der Waals surface area contributed by atoms with Crippen LogP contribution in [0.3, 0.4) is 0 Å². The monoisotopic (exact) mass is 565 g/mol. The highest BCUT2D eigenvalue weighted by Gasteiger charge is 2.09. The normalized spacial score (nSPS) is 11.5. The van der Waals surface area contributed by atoms with Crippen LogP contribution in [-0.2, 0) is 28.5 Å². The minimum Gasteiger partial charge on any atom is -0.491 e. The van der Waals surface area contributed by atoms with Crippen LogP contribution in [0.4, 0.5) is 0 Å². The summed E-state index contributed by atoms with van der Waals surface area (Å²) in [6, 6.07) is 6.94. The molecule has 0 aliphatic rings. The van der Waals surface area contributed by atoms with Crippen molar-refractivity contribution in [2.45, 2.75) is 33.3 Å². The second-order valence-corrected chi connectivity index (χ2v) is 9.06. The maximum atomic E-state index is 12.4. The zero-order chi connectivity index (χ0) is 29.3. The third kappa shape index (κ3) is 20.2. The molecule has 0 aromatic heterocycles. The Hall–Kier alpha value is -2.72. The van der Waals surface area contributed by atoms with Gasteiger partial charge in [-0.05, 0) is 38.1 Å². The Labute approximate surface area is 238 Å². The molecule has 0 aliphatic heterocycles. The van der Waals surface area contributed by atoms with Gasteiger partial charge in [-0.15, -0.1) is 0 Å². The van der Waals surface area contributed by atoms with Crippen molar-refractivity contribution >= 4 is 11.8 Å². The average molecular weight is 566 g/mol. The van der Waals surface area contributed by atoms with E-state index in [1.807, 2.05) is 20.8 Å². The number of nitrogens with two attached hydrogens (primary N) is 1. The number of hydrogen-bond acceptors (Lipinski definition) is 9. The minimum absolute atomic E-state index is 0.0426. The predicted octanol–water partition coefficient (Wildman–Crippen LogP) is 1.39. The van der Waals surface area contributed by atoms with Crippen LogP contribution in [0.2, 0.25) is 0 Å². The van der Waals surface area contributed by atoms with Crippen molar-refractivity contribution in [1.29, 1.82) is 0 Å². The summed E-state index contributed by atoms with van der Waals surface area (Å²) in [5.74, 6) is 6.27. The van der Waals surface area contributed by atoms with Gasteiger partial charge in [0.15, 0.2) is 0 Å². The summed E-state index contributed by atoms with van der Waals surface area (Å²) in [6.45, 7) is 11.0. The molecule has 2 amide bonds. The summed E-state index contributed by atoms with van der Waals surface area (Å²) >= 11 is 0. The number of carbonyl (C=O) groups excluding carboxylic acids is 2. The standard InChI is InChI=1S/C29H47N3O8/c1-24(2)7-5-11-31-28(33)23-38-19-20-39-25(3)22-40-27-9-4-8-26(21-27)29(34)32-12-14-36-16-18-37-17-15-35-13-6-10-30/h4,8-9,21,24-25H,6,10-20,22-23,30H2,1-3H3,(H,31,33)(H,32,34). The third-order valence-corrected chi connectivity index (χ3v) is 4.98. The fourth-order valence-corrected chi connectivity index (χ4v) is 2.98. The van der Waals surface area contributed by atoms with Crippen molar-refractivity contribution in [2.24, 2.45) is 11.7 Å². The first-order chi connectivity index (χ1) is 19.4. The highest BCUT2D eigenvalue weighted by molar-refractivity contribution is 5.94. The van der Waals surface area contributed by atoms with Crippen LogP contribution in [0.5, 0.6) is 5.75 Å². The van der Waals surface area contributed by atoms with E-state index in [4.69, 9.17) is 34.2 Å². The lowest BCUT2D eigenvalue weighted by atomic mass is 10.2. The number of carbonyl (C=O) groups is 2. The molecule has 0 bridgehead atoms. The molecule has 11 nitrogen and oxygen atoms in total. The maximum Gasteiger partial charge on any atom is 0.251 e. The highest BCUT2D eigenvalue weighted by atomic mass is 16.6. The van der Waals surface area contributed by atoms with Gasteiger partial charge >= 0.3 is 0 Å². The van der Waals surface area contributed by atoms with E-state index in [1.54, 1.807) is 24.3 Å². The molecule has 0 heterocycles. The fourth-order valence-electron chi connectivity index (χ4n) is 2.98. The van der Waals surface area contributed by atoms with E-state index in [2.05, 4.69) is 22.5 Å². The van der Waals surface area contributed by atoms with E-state index in [0.29, 0.717) is 83.8 Å². The Balaban J connectivity index is 2.10. The molecule has 0 saturated heterocycles. The van der Waals surface area contributed by atoms with Crippen LogP contribution in [0.25, 0.3) is 0 Å². The van der Waals surface area contributed by atoms with Gasteiger partial charge in [0.2, 0.25) is 5.91 Å². The van der Waals surface area contributed by atoms with Gasteiger partial charge in [-0.1, -0.05) is 31.8 Å². The molecule has 226 valence electrons. The van der Waals surface area contributed by atoms with Crippen molar-refractivity contribution in [3.63, 3.8) is 0 Å². The summed E-state index contributed by atoms with van der Waals surface area (Å²) < 4.78 is 33.0. The second-order valence-electron chi connectivity index (χ2n) is 9.06. The smallest absolute Gasteiger partial charge is 0.251 e. The molecule has 4 N–H and O–H groups in total. The summed E-state index contributed by atoms with van der Waals surface area (Å²) in [6.07, 6.45) is 0.642. The van der Waals surface area contributed by atoms with Gasteiger partial charge in [-0.3, -0.25) is 9.59 Å². The molecule has 1 unspecified atom stereocenters. The maximum absolute atomic E-state index is 12.4. The molecule has 1 aromatic carbocycles. The molecule has 1 atom stereocenters. The van der Waals surface area contributed by atoms with Gasteiger partial charge in [0.25, 0.3) is 5.91 Å². The zero-order valence-electron chi connectivity index (χ0n) is 24.2. The average Bonchev–Trinajstić information content (AvgIpc) is 2.94. The number of amides is 2. The number of ether oxygens (including phenoxy) is 6. The molecule has 0 fully saturated rings. The Morgan fingerprint density at radius 2 is 1.60 bits per heavy atom. The lowest BCUT2D eigenvalue weighted by Crippen LogP contribution is -2.29. The van der Waals surface area contributed by atoms with E-state index in [9.17, 15) is 9.59 Å². The van der Waals surface area contributed by atoms with Crippen molar-refractivity contribution in [3.05, 3.63) is 29.8 Å². The van der Waals surface area contributed by atoms with Crippen LogP contribution in [0, 0.1) is 17.8 Å². The van der Waals surface area contributed by atoms with E-state index in [-0.39, 0.29) is 37.0 Å². The van der Waals surface area contributed by atoms with Gasteiger partial charge in [-0.2, -0.15) is 0 Å². The predicted molar refractivity (Wildman–Crippen MR) is 152 cm³/mol. The molecular formula is C29H47N3O8. The second kappa shape index (κ2) is 24.1. The summed E-state index contributed by atoms with van der Waals surface area (Å²) in [7, 11) is 0. The first-order valence-electron chi connectivity index (χ1n) is 13.8. The summed E-state index contributed by atoms with van der Waals surface area (Å²) in [5, 5.41) is 5.50. The quantitative estimate of drug-likeness (QED) is 0.133. The lowest BCUT2D eigenvalue weighted by molar-refractivity contribution is -0.126. The zero-order valence-corrected chi connectivity index (χ0v) is 24.2. The number of benzene rings is 1. The molecule has 1 rings (SSSR count). The van der Waals surface area contributed by atoms with Crippen molar-refractivity contribution in [1.82, 2.24) is 10.6 Å². The van der Waals surface area contributed by atoms with Gasteiger partial charge in [-0.25, -0.2) is 0 Å². The van der Waals surface area contributed by atoms with E-state index in [1.165, 1.54) is 0 Å². The fraction of sp³-hybridized carbons (Fsp3) is 0.655. The Bertz CT molecular complexity index is 872. The van der Waals surface area contributed by atoms with Gasteiger partial charge in [0, 0.05) is 24.6 Å². The molecule has 11 heteroatoms. The SMILES string of the molecule is CC(C)C#CCNC(=O)COCCOC(C)COc1cccc(C(=O)NCCOCCOCCOCCCN)c1. The molecule has 40 heavy (non-hydrogen) atoms. The van der Waals surface area contributed by atoms with E-state index < -0.39 is 0 Å². The van der Waals surface area contributed by atoms with Crippen LogP contribution < -0.4 is 21.1 Å². The first kappa shape index (κ1) is 35.3. The van der Waals surface area contributed by atoms with Crippen molar-refractivity contribution in [3.8, 4) is 17.6 Å². The van der Waals surface area contributed by atoms with Gasteiger partial charge in [0.05, 0.1) is 58.9 Å². The van der Waals surface area contributed by atoms with Gasteiger partial charge in [0.1, 0.15) is 19.0 Å². The molecular weight excluding hydrogens is 518 g/mol. The first-order valence-corrected chi connectivity index (χ1v) is 13.8. The molecule has 0 spiro atoms. The van der Waals surface area contributed by atoms with E-state index in [0.717, 1.165) is 6.42 Å². The number of nitrogens with one attached hydrogen (secondary N) is 2. The number of rotatable bonds is 23. The van der Waals surface area contributed by atoms with Crippen LogP contribution in [-0.4, -0.2) is 104 Å². The largest absolute Gasteiger partial charge is 0.491 e. The summed E-state index contributed by atoms with van der Waals surface area (Å²) in [4.78, 5) is 24.1. The van der Waals surface area contributed by atoms with Crippen molar-refractivity contribution in [2.75, 3.05) is 85.7 Å². The summed E-state index contributed by atoms with van der Waals surface area (Å²) in [5.41, 5.74) is 5.89.